The number of aromatic nitrogens is 2. The van der Waals surface area contributed by atoms with Crippen LogP contribution in [0.1, 0.15) is 19.8 Å². The maximum Gasteiger partial charge on any atom is 0.245 e. The highest BCUT2D eigenvalue weighted by Crippen LogP contribution is 2.43. The van der Waals surface area contributed by atoms with E-state index in [0.717, 1.165) is 18.3 Å². The standard InChI is InChI=1S/C10H17N3O2S/c1-10(2-3-10)7-11-4-8(14)6-15-9-5-12-16-13-9/h5,8,11,14H,2-4,6-7H2,1H3. The normalized spacial score (nSPS) is 19.4. The first-order valence-electron chi connectivity index (χ1n) is 5.47. The fourth-order valence-corrected chi connectivity index (χ4v) is 1.76. The van der Waals surface area contributed by atoms with Crippen LogP contribution in [0.25, 0.3) is 0 Å². The average Bonchev–Trinajstić information content (AvgIpc) is 2.81. The average molecular weight is 243 g/mol. The molecular formula is C10H17N3O2S. The molecule has 1 heterocycles. The molecule has 0 radical (unpaired) electrons. The van der Waals surface area contributed by atoms with Crippen LogP contribution in [0.15, 0.2) is 6.20 Å². The summed E-state index contributed by atoms with van der Waals surface area (Å²) in [7, 11) is 0. The summed E-state index contributed by atoms with van der Waals surface area (Å²) in [6.07, 6.45) is 3.63. The Kier molecular flexibility index (Phi) is 3.73. The van der Waals surface area contributed by atoms with Crippen LogP contribution in [0.4, 0.5) is 0 Å². The van der Waals surface area contributed by atoms with E-state index in [9.17, 15) is 5.11 Å². The summed E-state index contributed by atoms with van der Waals surface area (Å²) in [5.41, 5.74) is 0.472. The van der Waals surface area contributed by atoms with E-state index in [2.05, 4.69) is 21.0 Å². The molecule has 0 aromatic carbocycles. The molecule has 0 aliphatic heterocycles. The highest BCUT2D eigenvalue weighted by molar-refractivity contribution is 6.99. The van der Waals surface area contributed by atoms with E-state index in [1.807, 2.05) is 0 Å². The maximum atomic E-state index is 9.63. The van der Waals surface area contributed by atoms with Crippen molar-refractivity contribution in [1.29, 1.82) is 0 Å². The lowest BCUT2D eigenvalue weighted by Crippen LogP contribution is -2.34. The summed E-state index contributed by atoms with van der Waals surface area (Å²) >= 11 is 1.10. The van der Waals surface area contributed by atoms with Gasteiger partial charge in [0.15, 0.2) is 0 Å². The zero-order valence-corrected chi connectivity index (χ0v) is 10.2. The van der Waals surface area contributed by atoms with Gasteiger partial charge in [-0.05, 0) is 18.3 Å². The minimum atomic E-state index is -0.496. The third-order valence-corrected chi connectivity index (χ3v) is 3.26. The summed E-state index contributed by atoms with van der Waals surface area (Å²) in [5, 5.41) is 12.9. The van der Waals surface area contributed by atoms with E-state index in [4.69, 9.17) is 4.74 Å². The molecule has 0 spiro atoms. The lowest BCUT2D eigenvalue weighted by molar-refractivity contribution is 0.103. The van der Waals surface area contributed by atoms with Crippen LogP contribution in [0.3, 0.4) is 0 Å². The molecule has 2 rings (SSSR count). The van der Waals surface area contributed by atoms with E-state index in [0.29, 0.717) is 17.8 Å². The van der Waals surface area contributed by atoms with Gasteiger partial charge in [0.2, 0.25) is 5.88 Å². The van der Waals surface area contributed by atoms with Crippen molar-refractivity contribution in [3.8, 4) is 5.88 Å². The molecule has 1 aromatic heterocycles. The predicted octanol–water partition coefficient (Wildman–Crippen LogP) is 0.667. The third-order valence-electron chi connectivity index (χ3n) is 2.80. The number of nitrogens with one attached hydrogen (secondary N) is 1. The van der Waals surface area contributed by atoms with Crippen LogP contribution in [0.5, 0.6) is 5.88 Å². The van der Waals surface area contributed by atoms with Gasteiger partial charge in [-0.3, -0.25) is 0 Å². The second-order valence-electron chi connectivity index (χ2n) is 4.65. The minimum Gasteiger partial charge on any atom is -0.473 e. The number of aliphatic hydroxyl groups excluding tert-OH is 1. The minimum absolute atomic E-state index is 0.259. The van der Waals surface area contributed by atoms with Crippen molar-refractivity contribution in [2.24, 2.45) is 5.41 Å². The van der Waals surface area contributed by atoms with Gasteiger partial charge in [-0.1, -0.05) is 6.92 Å². The number of aliphatic hydroxyl groups is 1. The van der Waals surface area contributed by atoms with Gasteiger partial charge in [-0.25, -0.2) is 0 Å². The van der Waals surface area contributed by atoms with Gasteiger partial charge >= 0.3 is 0 Å². The van der Waals surface area contributed by atoms with Gasteiger partial charge in [-0.15, -0.1) is 4.37 Å². The Hall–Kier alpha value is -0.720. The zero-order valence-electron chi connectivity index (χ0n) is 9.35. The Morgan fingerprint density at radius 1 is 1.69 bits per heavy atom. The van der Waals surface area contributed by atoms with E-state index in [1.165, 1.54) is 12.8 Å². The number of ether oxygens (including phenoxy) is 1. The number of hydrogen-bond acceptors (Lipinski definition) is 6. The molecule has 0 amide bonds. The Morgan fingerprint density at radius 2 is 2.50 bits per heavy atom. The van der Waals surface area contributed by atoms with E-state index in [1.54, 1.807) is 6.20 Å². The summed E-state index contributed by atoms with van der Waals surface area (Å²) < 4.78 is 13.0. The van der Waals surface area contributed by atoms with Crippen LogP contribution in [0, 0.1) is 5.41 Å². The van der Waals surface area contributed by atoms with Crippen LogP contribution in [0.2, 0.25) is 0 Å². The Bertz CT molecular complexity index is 314. The van der Waals surface area contributed by atoms with Gasteiger partial charge < -0.3 is 15.2 Å². The first-order chi connectivity index (χ1) is 7.68. The first kappa shape index (κ1) is 11.8. The molecule has 16 heavy (non-hydrogen) atoms. The van der Waals surface area contributed by atoms with Crippen molar-refractivity contribution in [2.75, 3.05) is 19.7 Å². The monoisotopic (exact) mass is 243 g/mol. The molecule has 1 unspecified atom stereocenters. The number of rotatable bonds is 7. The van der Waals surface area contributed by atoms with Gasteiger partial charge in [0.25, 0.3) is 0 Å². The molecule has 1 atom stereocenters. The van der Waals surface area contributed by atoms with Crippen LogP contribution >= 0.6 is 11.7 Å². The van der Waals surface area contributed by atoms with Crippen LogP contribution in [-0.2, 0) is 0 Å². The predicted molar refractivity (Wildman–Crippen MR) is 61.6 cm³/mol. The number of hydrogen-bond donors (Lipinski definition) is 2. The van der Waals surface area contributed by atoms with Gasteiger partial charge in [0, 0.05) is 13.1 Å². The summed E-state index contributed by atoms with van der Waals surface area (Å²) in [6.45, 7) is 4.05. The molecule has 1 saturated carbocycles. The second-order valence-corrected chi connectivity index (χ2v) is 5.21. The molecule has 1 aliphatic carbocycles. The van der Waals surface area contributed by atoms with Crippen molar-refractivity contribution in [3.05, 3.63) is 6.20 Å². The van der Waals surface area contributed by atoms with Crippen molar-refractivity contribution in [2.45, 2.75) is 25.9 Å². The lowest BCUT2D eigenvalue weighted by Gasteiger charge is -2.14. The van der Waals surface area contributed by atoms with Gasteiger partial charge in [-0.2, -0.15) is 4.37 Å². The van der Waals surface area contributed by atoms with Crippen LogP contribution in [-0.4, -0.2) is 39.7 Å². The fraction of sp³-hybridized carbons (Fsp3) is 0.800. The summed E-state index contributed by atoms with van der Waals surface area (Å²) in [5.74, 6) is 0.484. The third kappa shape index (κ3) is 3.70. The molecule has 1 fully saturated rings. The van der Waals surface area contributed by atoms with Crippen molar-refractivity contribution < 1.29 is 9.84 Å². The maximum absolute atomic E-state index is 9.63. The van der Waals surface area contributed by atoms with Crippen LogP contribution < -0.4 is 10.1 Å². The van der Waals surface area contributed by atoms with Gasteiger partial charge in [0.05, 0.1) is 11.7 Å². The Balaban J connectivity index is 1.55. The number of nitrogens with zero attached hydrogens (tertiary/aromatic N) is 2. The smallest absolute Gasteiger partial charge is 0.245 e. The molecule has 1 aromatic rings. The van der Waals surface area contributed by atoms with E-state index < -0.39 is 6.10 Å². The highest BCUT2D eigenvalue weighted by Gasteiger charge is 2.36. The molecule has 0 saturated heterocycles. The summed E-state index contributed by atoms with van der Waals surface area (Å²) in [6, 6.07) is 0. The highest BCUT2D eigenvalue weighted by atomic mass is 32.1. The first-order valence-corrected chi connectivity index (χ1v) is 6.20. The zero-order chi connectivity index (χ0) is 11.4. The Labute approximate surface area is 99.2 Å². The topological polar surface area (TPSA) is 67.3 Å². The molecule has 5 nitrogen and oxygen atoms in total. The molecular weight excluding hydrogens is 226 g/mol. The molecule has 90 valence electrons. The van der Waals surface area contributed by atoms with E-state index in [-0.39, 0.29) is 6.61 Å². The summed E-state index contributed by atoms with van der Waals surface area (Å²) in [4.78, 5) is 0. The SMILES string of the molecule is CC1(CNCC(O)COc2cnsn2)CC1. The molecule has 1 aliphatic rings. The molecule has 6 heteroatoms. The van der Waals surface area contributed by atoms with Crippen molar-refractivity contribution in [3.63, 3.8) is 0 Å². The van der Waals surface area contributed by atoms with Crippen molar-refractivity contribution >= 4 is 11.7 Å². The molecule has 0 bridgehead atoms. The van der Waals surface area contributed by atoms with E-state index >= 15 is 0 Å². The van der Waals surface area contributed by atoms with Gasteiger partial charge in [0.1, 0.15) is 18.9 Å². The molecule has 2 N–H and O–H groups in total. The largest absolute Gasteiger partial charge is 0.473 e. The fourth-order valence-electron chi connectivity index (χ4n) is 1.39. The van der Waals surface area contributed by atoms with Crippen molar-refractivity contribution in [1.82, 2.24) is 14.1 Å². The lowest BCUT2D eigenvalue weighted by atomic mass is 10.1. The Morgan fingerprint density at radius 3 is 3.12 bits per heavy atom. The second kappa shape index (κ2) is 5.07. The quantitative estimate of drug-likeness (QED) is 0.736.